The molecule has 0 aromatic carbocycles. The molecule has 0 aromatic rings. The van der Waals surface area contributed by atoms with Crippen LogP contribution < -0.4 is 11.1 Å². The summed E-state index contributed by atoms with van der Waals surface area (Å²) < 4.78 is 20.5. The largest absolute Gasteiger partial charge is 0.469 e. The Hall–Kier alpha value is -0.960. The minimum absolute atomic E-state index is 0.209. The second kappa shape index (κ2) is 5.58. The van der Waals surface area contributed by atoms with Gasteiger partial charge >= 0.3 is 13.9 Å². The van der Waals surface area contributed by atoms with Gasteiger partial charge in [-0.05, 0) is 18.9 Å². The third-order valence-corrected chi connectivity index (χ3v) is 3.29. The van der Waals surface area contributed by atoms with Crippen LogP contribution in [0.5, 0.6) is 0 Å². The fourth-order valence-electron chi connectivity index (χ4n) is 1.94. The maximum atomic E-state index is 11.7. The number of phosphoric acid groups is 1. The maximum absolute atomic E-state index is 11.7. The molecule has 2 heterocycles. The van der Waals surface area contributed by atoms with Crippen LogP contribution in [0.4, 0.5) is 4.79 Å². The molecule has 0 aromatic heterocycles. The number of nitrogens with two attached hydrogens (primary N) is 1. The minimum Gasteiger partial charge on any atom is -0.352 e. The van der Waals surface area contributed by atoms with E-state index in [4.69, 9.17) is 20.3 Å². The normalized spacial score (nSPS) is 31.6. The molecule has 0 spiro atoms. The molecule has 9 nitrogen and oxygen atoms in total. The van der Waals surface area contributed by atoms with Crippen molar-refractivity contribution in [1.29, 1.82) is 0 Å². The SMILES string of the molecule is NC1C=CN([C@H]2CC[C@@H](COP(=O)(O)O)O2)C(=O)N1. The van der Waals surface area contributed by atoms with E-state index >= 15 is 0 Å². The number of ether oxygens (including phenoxy) is 1. The smallest absolute Gasteiger partial charge is 0.352 e. The quantitative estimate of drug-likeness (QED) is 0.509. The van der Waals surface area contributed by atoms with Crippen molar-refractivity contribution < 1.29 is 28.4 Å². The summed E-state index contributed by atoms with van der Waals surface area (Å²) in [6.45, 7) is -0.209. The summed E-state index contributed by atoms with van der Waals surface area (Å²) in [4.78, 5) is 30.2. The molecule has 0 radical (unpaired) electrons. The van der Waals surface area contributed by atoms with Crippen LogP contribution in [-0.2, 0) is 13.8 Å². The van der Waals surface area contributed by atoms with Crippen molar-refractivity contribution in [2.45, 2.75) is 31.3 Å². The van der Waals surface area contributed by atoms with Gasteiger partial charge in [0, 0.05) is 6.20 Å². The Balaban J connectivity index is 1.86. The van der Waals surface area contributed by atoms with E-state index in [1.165, 1.54) is 4.90 Å². The minimum atomic E-state index is -4.49. The first-order valence-corrected chi connectivity index (χ1v) is 7.26. The first-order valence-electron chi connectivity index (χ1n) is 5.73. The molecule has 2 rings (SSSR count). The Kier molecular flexibility index (Phi) is 4.24. The number of amides is 2. The molecule has 10 heteroatoms. The number of hydrogen-bond acceptors (Lipinski definition) is 5. The third kappa shape index (κ3) is 4.00. The van der Waals surface area contributed by atoms with Crippen molar-refractivity contribution in [1.82, 2.24) is 10.2 Å². The Labute approximate surface area is 109 Å². The molecule has 19 heavy (non-hydrogen) atoms. The number of carbonyl (C=O) groups excluding carboxylic acids is 1. The fourth-order valence-corrected chi connectivity index (χ4v) is 2.30. The van der Waals surface area contributed by atoms with Crippen molar-refractivity contribution in [3.8, 4) is 0 Å². The van der Waals surface area contributed by atoms with Gasteiger partial charge < -0.3 is 25.6 Å². The van der Waals surface area contributed by atoms with Crippen LogP contribution >= 0.6 is 7.82 Å². The lowest BCUT2D eigenvalue weighted by Crippen LogP contribution is -2.52. The van der Waals surface area contributed by atoms with Crippen molar-refractivity contribution >= 4 is 13.9 Å². The summed E-state index contributed by atoms with van der Waals surface area (Å²) in [5.41, 5.74) is 5.52. The Morgan fingerprint density at radius 1 is 1.58 bits per heavy atom. The molecule has 2 aliphatic heterocycles. The van der Waals surface area contributed by atoms with Gasteiger partial charge in [0.25, 0.3) is 0 Å². The van der Waals surface area contributed by atoms with Crippen LogP contribution in [-0.4, -0.2) is 45.8 Å². The van der Waals surface area contributed by atoms with Gasteiger partial charge in [0.05, 0.1) is 18.9 Å². The molecule has 3 atom stereocenters. The van der Waals surface area contributed by atoms with Crippen LogP contribution in [0.1, 0.15) is 12.8 Å². The van der Waals surface area contributed by atoms with Gasteiger partial charge in [-0.15, -0.1) is 0 Å². The van der Waals surface area contributed by atoms with Crippen molar-refractivity contribution in [2.75, 3.05) is 6.61 Å². The lowest BCUT2D eigenvalue weighted by Gasteiger charge is -2.30. The van der Waals surface area contributed by atoms with E-state index in [-0.39, 0.29) is 12.6 Å². The number of urea groups is 1. The second-order valence-corrected chi connectivity index (χ2v) is 5.54. The lowest BCUT2D eigenvalue weighted by molar-refractivity contribution is -0.0368. The van der Waals surface area contributed by atoms with Crippen molar-refractivity contribution in [3.05, 3.63) is 12.3 Å². The highest BCUT2D eigenvalue weighted by Crippen LogP contribution is 2.37. The van der Waals surface area contributed by atoms with Gasteiger partial charge in [-0.3, -0.25) is 9.42 Å². The molecule has 0 saturated carbocycles. The van der Waals surface area contributed by atoms with Crippen LogP contribution in [0, 0.1) is 0 Å². The van der Waals surface area contributed by atoms with Gasteiger partial charge in [0.15, 0.2) is 0 Å². The first-order chi connectivity index (χ1) is 8.85. The third-order valence-electron chi connectivity index (χ3n) is 2.80. The zero-order valence-corrected chi connectivity index (χ0v) is 10.9. The summed E-state index contributed by atoms with van der Waals surface area (Å²) in [7, 11) is -4.49. The molecular formula is C9H16N3O6P. The molecule has 2 aliphatic rings. The number of rotatable bonds is 4. The summed E-state index contributed by atoms with van der Waals surface area (Å²) in [6.07, 6.45) is 2.82. The molecule has 1 unspecified atom stereocenters. The van der Waals surface area contributed by atoms with Gasteiger partial charge in [0.2, 0.25) is 0 Å². The van der Waals surface area contributed by atoms with E-state index in [0.717, 1.165) is 0 Å². The van der Waals surface area contributed by atoms with Gasteiger partial charge in [-0.25, -0.2) is 9.36 Å². The maximum Gasteiger partial charge on any atom is 0.469 e. The number of nitrogens with one attached hydrogen (secondary N) is 1. The van der Waals surface area contributed by atoms with E-state index in [1.807, 2.05) is 0 Å². The summed E-state index contributed by atoms with van der Waals surface area (Å²) >= 11 is 0. The van der Waals surface area contributed by atoms with E-state index in [2.05, 4.69) is 9.84 Å². The zero-order chi connectivity index (χ0) is 14.0. The molecule has 2 amide bonds. The van der Waals surface area contributed by atoms with Gasteiger partial charge in [-0.1, -0.05) is 0 Å². The Morgan fingerprint density at radius 2 is 2.32 bits per heavy atom. The molecular weight excluding hydrogens is 277 g/mol. The number of phosphoric ester groups is 1. The fraction of sp³-hybridized carbons (Fsp3) is 0.667. The average Bonchev–Trinajstić information content (AvgIpc) is 2.74. The Bertz CT molecular complexity index is 424. The highest BCUT2D eigenvalue weighted by Gasteiger charge is 2.34. The Morgan fingerprint density at radius 3 is 2.95 bits per heavy atom. The van der Waals surface area contributed by atoms with Crippen LogP contribution in [0.25, 0.3) is 0 Å². The first kappa shape index (κ1) is 14.4. The standard InChI is InChI=1S/C9H16N3O6P/c10-7-3-4-12(9(13)11-7)8-2-1-6(18-8)5-17-19(14,15)16/h3-4,6-8H,1-2,5,10H2,(H,11,13)(H2,14,15,16)/t6-,7?,8+/m0/s1. The van der Waals surface area contributed by atoms with E-state index in [9.17, 15) is 9.36 Å². The monoisotopic (exact) mass is 293 g/mol. The van der Waals surface area contributed by atoms with Gasteiger partial charge in [-0.2, -0.15) is 0 Å². The molecule has 0 aliphatic carbocycles. The van der Waals surface area contributed by atoms with Crippen LogP contribution in [0.3, 0.4) is 0 Å². The van der Waals surface area contributed by atoms with Crippen LogP contribution in [0.15, 0.2) is 12.3 Å². The van der Waals surface area contributed by atoms with Gasteiger partial charge in [0.1, 0.15) is 6.23 Å². The topological polar surface area (TPSA) is 134 Å². The highest BCUT2D eigenvalue weighted by atomic mass is 31.2. The molecule has 1 saturated heterocycles. The van der Waals surface area contributed by atoms with E-state index in [1.54, 1.807) is 12.3 Å². The summed E-state index contributed by atoms with van der Waals surface area (Å²) in [5.74, 6) is 0. The molecule has 108 valence electrons. The number of hydrogen-bond donors (Lipinski definition) is 4. The average molecular weight is 293 g/mol. The number of carbonyl (C=O) groups is 1. The van der Waals surface area contributed by atoms with Crippen molar-refractivity contribution in [2.24, 2.45) is 5.73 Å². The van der Waals surface area contributed by atoms with E-state index < -0.39 is 26.3 Å². The highest BCUT2D eigenvalue weighted by molar-refractivity contribution is 7.46. The summed E-state index contributed by atoms with van der Waals surface area (Å²) in [6, 6.07) is -0.364. The van der Waals surface area contributed by atoms with Crippen LogP contribution in [0.2, 0.25) is 0 Å². The molecule has 5 N–H and O–H groups in total. The predicted molar refractivity (Wildman–Crippen MR) is 63.4 cm³/mol. The zero-order valence-electron chi connectivity index (χ0n) is 10.0. The predicted octanol–water partition coefficient (Wildman–Crippen LogP) is -0.576. The molecule has 0 bridgehead atoms. The lowest BCUT2D eigenvalue weighted by atomic mass is 10.2. The summed E-state index contributed by atoms with van der Waals surface area (Å²) in [5, 5.41) is 2.52. The van der Waals surface area contributed by atoms with E-state index in [0.29, 0.717) is 12.8 Å². The molecule has 1 fully saturated rings. The number of nitrogens with zero attached hydrogens (tertiary/aromatic N) is 1. The second-order valence-electron chi connectivity index (χ2n) is 4.30. The van der Waals surface area contributed by atoms with Crippen molar-refractivity contribution in [3.63, 3.8) is 0 Å².